The number of thiocarbonyl (C=S) groups is 1. The molecule has 0 saturated carbocycles. The molecule has 2 amide bonds. The van der Waals surface area contributed by atoms with E-state index in [4.69, 9.17) is 29.4 Å². The van der Waals surface area contributed by atoms with Gasteiger partial charge in [0.05, 0.1) is 18.7 Å². The molecule has 0 atom stereocenters. The maximum Gasteiger partial charge on any atom is 0.237 e. The molecule has 0 radical (unpaired) electrons. The van der Waals surface area contributed by atoms with Crippen LogP contribution in [0.5, 0.6) is 0 Å². The minimum atomic E-state index is -0.613. The molecule has 0 saturated heterocycles. The molecule has 0 aliphatic heterocycles. The summed E-state index contributed by atoms with van der Waals surface area (Å²) in [5.41, 5.74) is 17.0. The van der Waals surface area contributed by atoms with E-state index in [1.807, 2.05) is 0 Å². The van der Waals surface area contributed by atoms with Crippen molar-refractivity contribution in [1.82, 2.24) is 4.98 Å². The summed E-state index contributed by atoms with van der Waals surface area (Å²) in [6.07, 6.45) is 0. The highest BCUT2D eigenvalue weighted by Gasteiger charge is 2.18. The summed E-state index contributed by atoms with van der Waals surface area (Å²) >= 11 is 4.92. The van der Waals surface area contributed by atoms with Crippen molar-refractivity contribution in [3.05, 3.63) is 23.4 Å². The Kier molecular flexibility index (Phi) is 4.76. The van der Waals surface area contributed by atoms with Crippen molar-refractivity contribution in [2.45, 2.75) is 6.92 Å². The van der Waals surface area contributed by atoms with Crippen LogP contribution in [0.15, 0.2) is 12.1 Å². The van der Waals surface area contributed by atoms with Gasteiger partial charge in [-0.25, -0.2) is 4.98 Å². The third kappa shape index (κ3) is 4.18. The molecule has 1 aromatic rings. The van der Waals surface area contributed by atoms with Gasteiger partial charge < -0.3 is 22.1 Å². The van der Waals surface area contributed by atoms with E-state index < -0.39 is 11.8 Å². The van der Waals surface area contributed by atoms with Crippen molar-refractivity contribution in [3.8, 4) is 0 Å². The Bertz CT molecular complexity index is 516. The second-order valence-electron chi connectivity index (χ2n) is 3.98. The molecule has 6 N–H and O–H groups in total. The number of hydrogen-bond donors (Lipinski definition) is 3. The fraction of sp³-hybridized carbons (Fsp3) is 0.273. The lowest BCUT2D eigenvalue weighted by Gasteiger charge is -2.23. The first-order valence-electron chi connectivity index (χ1n) is 5.40. The van der Waals surface area contributed by atoms with E-state index in [1.165, 1.54) is 4.90 Å². The van der Waals surface area contributed by atoms with E-state index in [1.54, 1.807) is 19.1 Å². The summed E-state index contributed by atoms with van der Waals surface area (Å²) < 4.78 is 0. The number of anilines is 1. The zero-order chi connectivity index (χ0) is 14.6. The average Bonchev–Trinajstić information content (AvgIpc) is 2.26. The topological polar surface area (TPSA) is 128 Å². The Hall–Kier alpha value is -2.22. The van der Waals surface area contributed by atoms with Gasteiger partial charge in [0.1, 0.15) is 10.8 Å². The molecular weight excluding hydrogens is 266 g/mol. The number of hydrogen-bond acceptors (Lipinski definition) is 5. The molecule has 102 valence electrons. The summed E-state index contributed by atoms with van der Waals surface area (Å²) in [6, 6.07) is 3.40. The Morgan fingerprint density at radius 1 is 1.21 bits per heavy atom. The van der Waals surface area contributed by atoms with E-state index in [9.17, 15) is 9.59 Å². The highest BCUT2D eigenvalue weighted by molar-refractivity contribution is 7.80. The maximum atomic E-state index is 11.1. The number of aromatic nitrogens is 1. The lowest BCUT2D eigenvalue weighted by molar-refractivity contribution is -0.117. The van der Waals surface area contributed by atoms with Crippen LogP contribution in [0.1, 0.15) is 11.3 Å². The van der Waals surface area contributed by atoms with Crippen LogP contribution in [0, 0.1) is 6.92 Å². The largest absolute Gasteiger partial charge is 0.389 e. The summed E-state index contributed by atoms with van der Waals surface area (Å²) in [5, 5.41) is 0. The van der Waals surface area contributed by atoms with Crippen LogP contribution >= 0.6 is 12.2 Å². The molecule has 7 nitrogen and oxygen atoms in total. The van der Waals surface area contributed by atoms with E-state index in [0.29, 0.717) is 17.1 Å². The number of carbonyl (C=O) groups excluding carboxylic acids is 2. The van der Waals surface area contributed by atoms with Crippen LogP contribution in [0.2, 0.25) is 0 Å². The van der Waals surface area contributed by atoms with Crippen LogP contribution in [-0.2, 0) is 9.59 Å². The van der Waals surface area contributed by atoms with Gasteiger partial charge in [-0.1, -0.05) is 12.2 Å². The lowest BCUT2D eigenvalue weighted by Crippen LogP contribution is -2.41. The number of rotatable bonds is 6. The van der Waals surface area contributed by atoms with Crippen LogP contribution in [0.3, 0.4) is 0 Å². The third-order valence-corrected chi connectivity index (χ3v) is 2.49. The van der Waals surface area contributed by atoms with Crippen molar-refractivity contribution in [1.29, 1.82) is 0 Å². The Balaban J connectivity index is 3.26. The second kappa shape index (κ2) is 6.10. The van der Waals surface area contributed by atoms with E-state index >= 15 is 0 Å². The number of aryl methyl sites for hydroxylation is 1. The minimum Gasteiger partial charge on any atom is -0.389 e. The predicted octanol–water partition coefficient (Wildman–Crippen LogP) is -1.20. The summed E-state index contributed by atoms with van der Waals surface area (Å²) in [7, 11) is 0. The van der Waals surface area contributed by atoms with Gasteiger partial charge in [-0.2, -0.15) is 0 Å². The Labute approximate surface area is 115 Å². The van der Waals surface area contributed by atoms with Gasteiger partial charge in [-0.15, -0.1) is 0 Å². The number of nitrogens with zero attached hydrogens (tertiary/aromatic N) is 2. The van der Waals surface area contributed by atoms with E-state index in [-0.39, 0.29) is 18.1 Å². The van der Waals surface area contributed by atoms with Gasteiger partial charge >= 0.3 is 0 Å². The SMILES string of the molecule is Cc1ccc(C(N)=S)c(N(CC(N)=O)CC(N)=O)n1. The van der Waals surface area contributed by atoms with Gasteiger partial charge in [0.2, 0.25) is 11.8 Å². The fourth-order valence-electron chi connectivity index (χ4n) is 1.56. The molecule has 8 heteroatoms. The Morgan fingerprint density at radius 3 is 2.16 bits per heavy atom. The number of primary amides is 2. The van der Waals surface area contributed by atoms with Crippen molar-refractivity contribution in [3.63, 3.8) is 0 Å². The summed E-state index contributed by atoms with van der Waals surface area (Å²) in [4.78, 5) is 27.8. The molecule has 0 bridgehead atoms. The van der Waals surface area contributed by atoms with Gasteiger partial charge in [-0.05, 0) is 19.1 Å². The molecule has 0 aromatic carbocycles. The van der Waals surface area contributed by atoms with E-state index in [0.717, 1.165) is 0 Å². The van der Waals surface area contributed by atoms with Crippen molar-refractivity contribution >= 4 is 34.8 Å². The molecule has 1 rings (SSSR count). The van der Waals surface area contributed by atoms with Gasteiger partial charge in [-0.3, -0.25) is 9.59 Å². The number of pyridine rings is 1. The molecule has 0 unspecified atom stereocenters. The van der Waals surface area contributed by atoms with Gasteiger partial charge in [0, 0.05) is 5.69 Å². The van der Waals surface area contributed by atoms with Crippen LogP contribution in [0.4, 0.5) is 5.82 Å². The average molecular weight is 281 g/mol. The van der Waals surface area contributed by atoms with Gasteiger partial charge in [0.15, 0.2) is 0 Å². The number of nitrogens with two attached hydrogens (primary N) is 3. The zero-order valence-corrected chi connectivity index (χ0v) is 11.2. The fourth-order valence-corrected chi connectivity index (χ4v) is 1.72. The predicted molar refractivity (Wildman–Crippen MR) is 75.5 cm³/mol. The first-order chi connectivity index (χ1) is 8.81. The molecule has 0 fully saturated rings. The highest BCUT2D eigenvalue weighted by Crippen LogP contribution is 2.18. The second-order valence-corrected chi connectivity index (χ2v) is 4.42. The molecule has 0 aliphatic rings. The van der Waals surface area contributed by atoms with Crippen molar-refractivity contribution < 1.29 is 9.59 Å². The normalized spacial score (nSPS) is 9.95. The quantitative estimate of drug-likeness (QED) is 0.562. The monoisotopic (exact) mass is 281 g/mol. The number of amides is 2. The highest BCUT2D eigenvalue weighted by atomic mass is 32.1. The lowest BCUT2D eigenvalue weighted by atomic mass is 10.2. The molecular formula is C11H15N5O2S. The molecule has 1 aromatic heterocycles. The van der Waals surface area contributed by atoms with Crippen molar-refractivity contribution in [2.24, 2.45) is 17.2 Å². The zero-order valence-electron chi connectivity index (χ0n) is 10.4. The van der Waals surface area contributed by atoms with Crippen LogP contribution in [0.25, 0.3) is 0 Å². The van der Waals surface area contributed by atoms with Gasteiger partial charge in [0.25, 0.3) is 0 Å². The Morgan fingerprint density at radius 2 is 1.74 bits per heavy atom. The molecule has 0 aliphatic carbocycles. The smallest absolute Gasteiger partial charge is 0.237 e. The first-order valence-corrected chi connectivity index (χ1v) is 5.81. The third-order valence-electron chi connectivity index (χ3n) is 2.27. The minimum absolute atomic E-state index is 0.112. The van der Waals surface area contributed by atoms with Crippen LogP contribution < -0.4 is 22.1 Å². The number of carbonyl (C=O) groups is 2. The maximum absolute atomic E-state index is 11.1. The van der Waals surface area contributed by atoms with Crippen molar-refractivity contribution in [2.75, 3.05) is 18.0 Å². The van der Waals surface area contributed by atoms with Crippen LogP contribution in [-0.4, -0.2) is 34.9 Å². The molecule has 0 spiro atoms. The summed E-state index contributed by atoms with van der Waals surface area (Å²) in [6.45, 7) is 1.36. The molecule has 19 heavy (non-hydrogen) atoms. The van der Waals surface area contributed by atoms with E-state index in [2.05, 4.69) is 4.98 Å². The standard InChI is InChI=1S/C11H15N5O2S/c1-6-2-3-7(10(14)19)11(15-6)16(4-8(12)17)5-9(13)18/h2-3H,4-5H2,1H3,(H2,12,17)(H2,13,18)(H2,14,19). The summed E-state index contributed by atoms with van der Waals surface area (Å²) in [5.74, 6) is -0.901. The first kappa shape index (κ1) is 14.8. The molecule has 1 heterocycles.